The summed E-state index contributed by atoms with van der Waals surface area (Å²) in [7, 11) is -1.97. The highest BCUT2D eigenvalue weighted by Gasteiger charge is 2.34. The van der Waals surface area contributed by atoms with Crippen LogP contribution in [0.25, 0.3) is 0 Å². The molecule has 1 fully saturated rings. The Kier molecular flexibility index (Phi) is 6.27. The third-order valence-electron chi connectivity index (χ3n) is 3.55. The van der Waals surface area contributed by atoms with Crippen molar-refractivity contribution in [1.29, 1.82) is 0 Å². The van der Waals surface area contributed by atoms with Crippen LogP contribution in [0, 0.1) is 5.92 Å². The third-order valence-corrected chi connectivity index (χ3v) is 6.84. The van der Waals surface area contributed by atoms with Gasteiger partial charge in [-0.05, 0) is 37.1 Å². The Morgan fingerprint density at radius 3 is 2.85 bits per heavy atom. The van der Waals surface area contributed by atoms with E-state index >= 15 is 0 Å². The minimum Gasteiger partial charge on any atom is -0.494 e. The summed E-state index contributed by atoms with van der Waals surface area (Å²) >= 11 is 1.20. The predicted octanol–water partition coefficient (Wildman–Crippen LogP) is 1.93. The topological polar surface area (TPSA) is 72.6 Å². The van der Waals surface area contributed by atoms with E-state index in [0.29, 0.717) is 23.0 Å². The Labute approximate surface area is 130 Å². The molecule has 1 aromatic heterocycles. The van der Waals surface area contributed by atoms with E-state index in [1.165, 1.54) is 18.4 Å². The van der Waals surface area contributed by atoms with Crippen molar-refractivity contribution < 1.29 is 13.2 Å². The van der Waals surface area contributed by atoms with Gasteiger partial charge >= 0.3 is 0 Å². The molecule has 0 spiro atoms. The molecule has 116 valence electrons. The first-order chi connectivity index (χ1) is 8.96. The average Bonchev–Trinajstić information content (AvgIpc) is 2.88. The molecule has 2 heterocycles. The van der Waals surface area contributed by atoms with Gasteiger partial charge in [0.05, 0.1) is 7.11 Å². The number of nitrogens with zero attached hydrogens (tertiary/aromatic N) is 1. The summed E-state index contributed by atoms with van der Waals surface area (Å²) in [6.07, 6.45) is 1.85. The zero-order valence-electron chi connectivity index (χ0n) is 11.6. The Hall–Kier alpha value is -0.340. The number of thiophene rings is 1. The Morgan fingerprint density at radius 2 is 2.25 bits per heavy atom. The van der Waals surface area contributed by atoms with Crippen LogP contribution in [-0.2, 0) is 10.0 Å². The van der Waals surface area contributed by atoms with Crippen molar-refractivity contribution in [2.75, 3.05) is 20.2 Å². The van der Waals surface area contributed by atoms with Crippen LogP contribution in [-0.4, -0.2) is 39.0 Å². The van der Waals surface area contributed by atoms with E-state index in [0.717, 1.165) is 12.8 Å². The normalized spacial score (nSPS) is 22.1. The lowest BCUT2D eigenvalue weighted by Gasteiger charge is -2.33. The van der Waals surface area contributed by atoms with Crippen LogP contribution in [0.5, 0.6) is 5.75 Å². The first-order valence-electron chi connectivity index (χ1n) is 6.34. The van der Waals surface area contributed by atoms with Gasteiger partial charge in [0, 0.05) is 19.1 Å². The Morgan fingerprint density at radius 1 is 1.55 bits per heavy atom. The van der Waals surface area contributed by atoms with E-state index in [1.807, 2.05) is 6.92 Å². The van der Waals surface area contributed by atoms with Crippen molar-refractivity contribution in [3.05, 3.63) is 11.4 Å². The van der Waals surface area contributed by atoms with E-state index in [2.05, 4.69) is 0 Å². The summed E-state index contributed by atoms with van der Waals surface area (Å²) in [5, 5.41) is 1.73. The van der Waals surface area contributed by atoms with Gasteiger partial charge in [0.15, 0.2) is 4.21 Å². The molecule has 8 heteroatoms. The second kappa shape index (κ2) is 7.09. The molecule has 1 aromatic rings. The molecule has 1 aliphatic heterocycles. The smallest absolute Gasteiger partial charge is 0.256 e. The van der Waals surface area contributed by atoms with E-state index in [-0.39, 0.29) is 24.4 Å². The molecule has 0 amide bonds. The molecule has 0 radical (unpaired) electrons. The van der Waals surface area contributed by atoms with E-state index in [1.54, 1.807) is 15.8 Å². The minimum absolute atomic E-state index is 0. The highest BCUT2D eigenvalue weighted by atomic mass is 35.5. The first kappa shape index (κ1) is 17.7. The summed E-state index contributed by atoms with van der Waals surface area (Å²) in [6.45, 7) is 3.00. The largest absolute Gasteiger partial charge is 0.494 e. The molecular formula is C12H21ClN2O3S2. The lowest BCUT2D eigenvalue weighted by Crippen LogP contribution is -2.44. The number of rotatable bonds is 4. The summed E-state index contributed by atoms with van der Waals surface area (Å²) in [4.78, 5) is 0. The molecule has 2 N–H and O–H groups in total. The van der Waals surface area contributed by atoms with Crippen molar-refractivity contribution in [2.45, 2.75) is 30.0 Å². The molecule has 0 aliphatic carbocycles. The van der Waals surface area contributed by atoms with E-state index < -0.39 is 10.0 Å². The maximum absolute atomic E-state index is 12.6. The molecule has 20 heavy (non-hydrogen) atoms. The number of halogens is 1. The quantitative estimate of drug-likeness (QED) is 0.909. The molecule has 2 unspecified atom stereocenters. The van der Waals surface area contributed by atoms with Crippen molar-refractivity contribution in [1.82, 2.24) is 4.31 Å². The lowest BCUT2D eigenvalue weighted by molar-refractivity contribution is 0.243. The Bertz CT molecular complexity index is 531. The fraction of sp³-hybridized carbons (Fsp3) is 0.667. The number of hydrogen-bond acceptors (Lipinski definition) is 5. The third kappa shape index (κ3) is 3.46. The SMILES string of the molecule is COc1ccsc1S(=O)(=O)N1CCCC(C(C)N)C1.Cl. The fourth-order valence-corrected chi connectivity index (χ4v) is 5.31. The van der Waals surface area contributed by atoms with Crippen LogP contribution in [0.4, 0.5) is 0 Å². The number of hydrogen-bond donors (Lipinski definition) is 1. The number of sulfonamides is 1. The van der Waals surface area contributed by atoms with E-state index in [9.17, 15) is 8.42 Å². The average molecular weight is 341 g/mol. The highest BCUT2D eigenvalue weighted by molar-refractivity contribution is 7.91. The number of piperidine rings is 1. The van der Waals surface area contributed by atoms with Gasteiger partial charge in [0.1, 0.15) is 5.75 Å². The zero-order valence-corrected chi connectivity index (χ0v) is 14.1. The van der Waals surface area contributed by atoms with Crippen LogP contribution in [0.15, 0.2) is 15.7 Å². The lowest BCUT2D eigenvalue weighted by atomic mass is 9.93. The number of methoxy groups -OCH3 is 1. The molecule has 2 atom stereocenters. The van der Waals surface area contributed by atoms with Crippen LogP contribution in [0.1, 0.15) is 19.8 Å². The van der Waals surface area contributed by atoms with Gasteiger partial charge in [0.2, 0.25) is 0 Å². The standard InChI is InChI=1S/C12H20N2O3S2.ClH/c1-9(13)10-4-3-6-14(8-10)19(15,16)12-11(17-2)5-7-18-12;/h5,7,9-10H,3-4,6,8,13H2,1-2H3;1H. The molecule has 1 aliphatic rings. The van der Waals surface area contributed by atoms with Crippen molar-refractivity contribution in [3.63, 3.8) is 0 Å². The maximum atomic E-state index is 12.6. The second-order valence-corrected chi connectivity index (χ2v) is 7.95. The van der Waals surface area contributed by atoms with Gasteiger partial charge in [-0.25, -0.2) is 8.42 Å². The molecule has 1 saturated heterocycles. The predicted molar refractivity (Wildman–Crippen MR) is 83.3 cm³/mol. The monoisotopic (exact) mass is 340 g/mol. The zero-order chi connectivity index (χ0) is 14.0. The van der Waals surface area contributed by atoms with Crippen molar-refractivity contribution in [2.24, 2.45) is 11.7 Å². The molecule has 0 bridgehead atoms. The summed E-state index contributed by atoms with van der Waals surface area (Å²) < 4.78 is 32.2. The van der Waals surface area contributed by atoms with Gasteiger partial charge < -0.3 is 10.5 Å². The van der Waals surface area contributed by atoms with Crippen LogP contribution in [0.2, 0.25) is 0 Å². The molecule has 0 aromatic carbocycles. The summed E-state index contributed by atoms with van der Waals surface area (Å²) in [5.74, 6) is 0.655. The van der Waals surface area contributed by atoms with Crippen molar-refractivity contribution >= 4 is 33.8 Å². The van der Waals surface area contributed by atoms with Gasteiger partial charge in [-0.1, -0.05) is 0 Å². The molecule has 2 rings (SSSR count). The maximum Gasteiger partial charge on any atom is 0.256 e. The minimum atomic E-state index is -3.46. The first-order valence-corrected chi connectivity index (χ1v) is 8.66. The number of ether oxygens (including phenoxy) is 1. The second-order valence-electron chi connectivity index (χ2n) is 4.90. The summed E-state index contributed by atoms with van der Waals surface area (Å²) in [6, 6.07) is 1.70. The molecule has 5 nitrogen and oxygen atoms in total. The van der Waals surface area contributed by atoms with Crippen LogP contribution in [0.3, 0.4) is 0 Å². The molecule has 0 saturated carbocycles. The summed E-state index contributed by atoms with van der Waals surface area (Å²) in [5.41, 5.74) is 5.90. The van der Waals surface area contributed by atoms with E-state index in [4.69, 9.17) is 10.5 Å². The van der Waals surface area contributed by atoms with Crippen LogP contribution < -0.4 is 10.5 Å². The highest BCUT2D eigenvalue weighted by Crippen LogP contribution is 2.34. The van der Waals surface area contributed by atoms with Gasteiger partial charge in [-0.2, -0.15) is 4.31 Å². The number of nitrogens with two attached hydrogens (primary N) is 1. The van der Waals surface area contributed by atoms with Gasteiger partial charge in [0.25, 0.3) is 10.0 Å². The van der Waals surface area contributed by atoms with Gasteiger partial charge in [-0.15, -0.1) is 23.7 Å². The Balaban J connectivity index is 0.00000200. The van der Waals surface area contributed by atoms with Gasteiger partial charge in [-0.3, -0.25) is 0 Å². The van der Waals surface area contributed by atoms with Crippen LogP contribution >= 0.6 is 23.7 Å². The molecular weight excluding hydrogens is 320 g/mol. The van der Waals surface area contributed by atoms with Crippen molar-refractivity contribution in [3.8, 4) is 5.75 Å². The fourth-order valence-electron chi connectivity index (χ4n) is 2.36.